The van der Waals surface area contributed by atoms with Gasteiger partial charge in [-0.05, 0) is 51.9 Å². The molecule has 0 spiro atoms. The van der Waals surface area contributed by atoms with Crippen LogP contribution in [0.3, 0.4) is 0 Å². The third-order valence-corrected chi connectivity index (χ3v) is 4.31. The maximum Gasteiger partial charge on any atom is 0.0802 e. The van der Waals surface area contributed by atoms with Gasteiger partial charge in [0.1, 0.15) is 0 Å². The first-order chi connectivity index (χ1) is 9.54. The first-order valence-electron chi connectivity index (χ1n) is 7.66. The maximum atomic E-state index is 10.2. The molecule has 2 unspecified atom stereocenters. The molecule has 1 saturated heterocycles. The third kappa shape index (κ3) is 4.58. The van der Waals surface area contributed by atoms with E-state index >= 15 is 0 Å². The lowest BCUT2D eigenvalue weighted by molar-refractivity contribution is 0.144. The van der Waals surface area contributed by atoms with Gasteiger partial charge in [0.05, 0.1) is 6.10 Å². The minimum absolute atomic E-state index is 0.343. The van der Waals surface area contributed by atoms with Gasteiger partial charge >= 0.3 is 0 Å². The molecule has 0 aliphatic carbocycles. The summed E-state index contributed by atoms with van der Waals surface area (Å²) in [4.78, 5) is 4.76. The van der Waals surface area contributed by atoms with Crippen LogP contribution in [0, 0.1) is 12.8 Å². The zero-order chi connectivity index (χ0) is 14.5. The number of benzene rings is 1. The molecule has 1 aliphatic rings. The Hall–Kier alpha value is -0.900. The Morgan fingerprint density at radius 3 is 2.65 bits per heavy atom. The van der Waals surface area contributed by atoms with E-state index in [4.69, 9.17) is 0 Å². The molecule has 1 N–H and O–H groups in total. The van der Waals surface area contributed by atoms with E-state index < -0.39 is 0 Å². The number of nitrogens with zero attached hydrogens (tertiary/aromatic N) is 2. The minimum Gasteiger partial charge on any atom is -0.388 e. The van der Waals surface area contributed by atoms with Crippen molar-refractivity contribution in [2.45, 2.75) is 25.9 Å². The fraction of sp³-hybridized carbons (Fsp3) is 0.647. The lowest BCUT2D eigenvalue weighted by Gasteiger charge is -2.22. The van der Waals surface area contributed by atoms with E-state index in [1.165, 1.54) is 25.1 Å². The van der Waals surface area contributed by atoms with Gasteiger partial charge in [-0.25, -0.2) is 0 Å². The van der Waals surface area contributed by atoms with Gasteiger partial charge in [-0.1, -0.05) is 29.8 Å². The Morgan fingerprint density at radius 2 is 2.05 bits per heavy atom. The van der Waals surface area contributed by atoms with Crippen LogP contribution < -0.4 is 0 Å². The molecular formula is C17H28N2O. The minimum atomic E-state index is -0.343. The summed E-state index contributed by atoms with van der Waals surface area (Å²) in [6.45, 7) is 6.61. The summed E-state index contributed by atoms with van der Waals surface area (Å²) in [6, 6.07) is 8.20. The molecule has 20 heavy (non-hydrogen) atoms. The fourth-order valence-electron chi connectivity index (χ4n) is 3.01. The predicted molar refractivity (Wildman–Crippen MR) is 83.9 cm³/mol. The van der Waals surface area contributed by atoms with E-state index in [1.54, 1.807) is 0 Å². The zero-order valence-corrected chi connectivity index (χ0v) is 13.0. The Balaban J connectivity index is 1.72. The predicted octanol–water partition coefficient (Wildman–Crippen LogP) is 2.30. The van der Waals surface area contributed by atoms with Gasteiger partial charge in [0.15, 0.2) is 0 Å². The molecule has 1 aliphatic heterocycles. The summed E-state index contributed by atoms with van der Waals surface area (Å²) in [5, 5.41) is 10.2. The van der Waals surface area contributed by atoms with E-state index in [1.807, 2.05) is 12.1 Å². The van der Waals surface area contributed by atoms with Crippen molar-refractivity contribution in [2.75, 3.05) is 40.3 Å². The highest BCUT2D eigenvalue weighted by Crippen LogP contribution is 2.19. The molecule has 1 heterocycles. The van der Waals surface area contributed by atoms with E-state index in [9.17, 15) is 5.11 Å². The molecule has 2 atom stereocenters. The number of aliphatic hydroxyl groups excluding tert-OH is 1. The largest absolute Gasteiger partial charge is 0.388 e. The van der Waals surface area contributed by atoms with Crippen LogP contribution >= 0.6 is 0 Å². The molecule has 0 aromatic heterocycles. The van der Waals surface area contributed by atoms with Gasteiger partial charge < -0.3 is 14.9 Å². The SMILES string of the molecule is Cc1ccc(C(O)CCN(C)CC2CCN(C)C2)cc1. The number of likely N-dealkylation sites (tertiary alicyclic amines) is 1. The highest BCUT2D eigenvalue weighted by molar-refractivity contribution is 5.22. The summed E-state index contributed by atoms with van der Waals surface area (Å²) in [5.74, 6) is 0.793. The number of hydrogen-bond acceptors (Lipinski definition) is 3. The second kappa shape index (κ2) is 7.21. The smallest absolute Gasteiger partial charge is 0.0802 e. The van der Waals surface area contributed by atoms with Crippen molar-refractivity contribution >= 4 is 0 Å². The zero-order valence-electron chi connectivity index (χ0n) is 13.0. The van der Waals surface area contributed by atoms with Crippen molar-refractivity contribution in [3.63, 3.8) is 0 Å². The maximum absolute atomic E-state index is 10.2. The number of rotatable bonds is 6. The first-order valence-corrected chi connectivity index (χ1v) is 7.66. The van der Waals surface area contributed by atoms with Crippen LogP contribution in [-0.4, -0.2) is 55.2 Å². The molecule has 1 aromatic rings. The van der Waals surface area contributed by atoms with E-state index in [-0.39, 0.29) is 6.10 Å². The normalized spacial score (nSPS) is 21.6. The quantitative estimate of drug-likeness (QED) is 0.863. The van der Waals surface area contributed by atoms with Crippen molar-refractivity contribution in [3.05, 3.63) is 35.4 Å². The lowest BCUT2D eigenvalue weighted by atomic mass is 10.0. The highest BCUT2D eigenvalue weighted by atomic mass is 16.3. The van der Waals surface area contributed by atoms with Gasteiger partial charge in [-0.3, -0.25) is 0 Å². The monoisotopic (exact) mass is 276 g/mol. The Kier molecular flexibility index (Phi) is 5.58. The van der Waals surface area contributed by atoms with Crippen LogP contribution in [0.15, 0.2) is 24.3 Å². The van der Waals surface area contributed by atoms with E-state index in [0.29, 0.717) is 0 Å². The molecule has 0 bridgehead atoms. The molecule has 3 heteroatoms. The van der Waals surface area contributed by atoms with Crippen molar-refractivity contribution in [3.8, 4) is 0 Å². The first kappa shape index (κ1) is 15.5. The van der Waals surface area contributed by atoms with E-state index in [2.05, 4.69) is 43.0 Å². The second-order valence-electron chi connectivity index (χ2n) is 6.39. The Labute approximate surface area is 123 Å². The van der Waals surface area contributed by atoms with Crippen LogP contribution in [-0.2, 0) is 0 Å². The summed E-state index contributed by atoms with van der Waals surface area (Å²) in [7, 11) is 4.36. The molecule has 0 amide bonds. The fourth-order valence-corrected chi connectivity index (χ4v) is 3.01. The summed E-state index contributed by atoms with van der Waals surface area (Å²) in [5.41, 5.74) is 2.27. The lowest BCUT2D eigenvalue weighted by Crippen LogP contribution is -2.29. The van der Waals surface area contributed by atoms with Gasteiger partial charge in [0.2, 0.25) is 0 Å². The van der Waals surface area contributed by atoms with Crippen LogP contribution in [0.25, 0.3) is 0 Å². The number of aryl methyl sites for hydroxylation is 1. The van der Waals surface area contributed by atoms with E-state index in [0.717, 1.165) is 31.0 Å². The summed E-state index contributed by atoms with van der Waals surface area (Å²) >= 11 is 0. The van der Waals surface area contributed by atoms with Gasteiger partial charge in [0.25, 0.3) is 0 Å². The standard InChI is InChI=1S/C17H28N2O/c1-14-4-6-16(7-5-14)17(20)9-11-19(3)13-15-8-10-18(2)12-15/h4-7,15,17,20H,8-13H2,1-3H3. The van der Waals surface area contributed by atoms with Crippen LogP contribution in [0.1, 0.15) is 30.1 Å². The Morgan fingerprint density at radius 1 is 1.35 bits per heavy atom. The van der Waals surface area contributed by atoms with Crippen LogP contribution in [0.4, 0.5) is 0 Å². The summed E-state index contributed by atoms with van der Waals surface area (Å²) < 4.78 is 0. The van der Waals surface area contributed by atoms with Crippen LogP contribution in [0.5, 0.6) is 0 Å². The third-order valence-electron chi connectivity index (χ3n) is 4.31. The van der Waals surface area contributed by atoms with Gasteiger partial charge in [0, 0.05) is 19.6 Å². The number of hydrogen-bond donors (Lipinski definition) is 1. The topological polar surface area (TPSA) is 26.7 Å². The van der Waals surface area contributed by atoms with Gasteiger partial charge in [-0.2, -0.15) is 0 Å². The van der Waals surface area contributed by atoms with Gasteiger partial charge in [-0.15, -0.1) is 0 Å². The molecule has 112 valence electrons. The molecule has 0 radical (unpaired) electrons. The molecule has 0 saturated carbocycles. The molecule has 1 fully saturated rings. The van der Waals surface area contributed by atoms with Crippen LogP contribution in [0.2, 0.25) is 0 Å². The summed E-state index contributed by atoms with van der Waals surface area (Å²) in [6.07, 6.45) is 1.77. The van der Waals surface area contributed by atoms with Crippen molar-refractivity contribution in [1.29, 1.82) is 0 Å². The van der Waals surface area contributed by atoms with Crippen molar-refractivity contribution in [2.24, 2.45) is 5.92 Å². The molecule has 2 rings (SSSR count). The average Bonchev–Trinajstić information content (AvgIpc) is 2.82. The molecule has 3 nitrogen and oxygen atoms in total. The number of aliphatic hydroxyl groups is 1. The second-order valence-corrected chi connectivity index (χ2v) is 6.39. The highest BCUT2D eigenvalue weighted by Gasteiger charge is 2.20. The van der Waals surface area contributed by atoms with Crippen molar-refractivity contribution < 1.29 is 5.11 Å². The molecular weight excluding hydrogens is 248 g/mol. The molecule has 1 aromatic carbocycles. The van der Waals surface area contributed by atoms with Crippen molar-refractivity contribution in [1.82, 2.24) is 9.80 Å². The Bertz CT molecular complexity index is 404. The average molecular weight is 276 g/mol.